The zero-order valence-electron chi connectivity index (χ0n) is 24.0. The van der Waals surface area contributed by atoms with Crippen molar-refractivity contribution < 1.29 is 18.7 Å². The van der Waals surface area contributed by atoms with Crippen LogP contribution in [0.4, 0.5) is 10.2 Å². The van der Waals surface area contributed by atoms with Crippen LogP contribution in [-0.4, -0.2) is 95.9 Å². The first-order valence-corrected chi connectivity index (χ1v) is 14.5. The Kier molecular flexibility index (Phi) is 6.95. The SMILES string of the molecule is Cc1c(F)cccc1C(=O)N1CC2(C1)CN(c1ccc(-c3cc(OCCN4CCOCC4)cn4ncc(C#N)c34)cn1)C2. The molecular formula is C32H32FN7O3. The number of nitrogens with zero attached hydrogens (tertiary/aromatic N) is 7. The molecule has 0 N–H and O–H groups in total. The van der Waals surface area contributed by atoms with E-state index in [0.717, 1.165) is 62.9 Å². The number of carbonyl (C=O) groups excluding carboxylic acids is 1. The van der Waals surface area contributed by atoms with Gasteiger partial charge >= 0.3 is 0 Å². The van der Waals surface area contributed by atoms with Gasteiger partial charge in [-0.1, -0.05) is 6.07 Å². The molecule has 220 valence electrons. The summed E-state index contributed by atoms with van der Waals surface area (Å²) in [5.74, 6) is 1.07. The van der Waals surface area contributed by atoms with Crippen LogP contribution in [0.2, 0.25) is 0 Å². The summed E-state index contributed by atoms with van der Waals surface area (Å²) in [6.07, 6.45) is 5.20. The predicted octanol–water partition coefficient (Wildman–Crippen LogP) is 3.39. The highest BCUT2D eigenvalue weighted by Crippen LogP contribution is 2.42. The Morgan fingerprint density at radius 2 is 1.95 bits per heavy atom. The topological polar surface area (TPSA) is 99.2 Å². The van der Waals surface area contributed by atoms with E-state index in [4.69, 9.17) is 14.5 Å². The van der Waals surface area contributed by atoms with Crippen LogP contribution in [0.5, 0.6) is 5.75 Å². The summed E-state index contributed by atoms with van der Waals surface area (Å²) in [5.41, 5.74) is 3.78. The monoisotopic (exact) mass is 581 g/mol. The summed E-state index contributed by atoms with van der Waals surface area (Å²) in [7, 11) is 0. The fourth-order valence-electron chi connectivity index (χ4n) is 6.37. The molecule has 4 aromatic rings. The average molecular weight is 582 g/mol. The van der Waals surface area contributed by atoms with Crippen LogP contribution in [0, 0.1) is 29.5 Å². The third-order valence-corrected chi connectivity index (χ3v) is 8.76. The lowest BCUT2D eigenvalue weighted by atomic mass is 9.72. The molecule has 3 saturated heterocycles. The van der Waals surface area contributed by atoms with E-state index in [2.05, 4.69) is 21.0 Å². The average Bonchev–Trinajstić information content (AvgIpc) is 3.41. The maximum absolute atomic E-state index is 13.9. The summed E-state index contributed by atoms with van der Waals surface area (Å²) in [6, 6.07) is 12.9. The van der Waals surface area contributed by atoms with Crippen molar-refractivity contribution in [1.82, 2.24) is 24.4 Å². The van der Waals surface area contributed by atoms with Crippen molar-refractivity contribution in [2.75, 3.05) is 70.5 Å². The molecule has 1 spiro atoms. The van der Waals surface area contributed by atoms with E-state index in [1.54, 1.807) is 34.7 Å². The van der Waals surface area contributed by atoms with Gasteiger partial charge in [-0.25, -0.2) is 13.9 Å². The first kappa shape index (κ1) is 27.3. The van der Waals surface area contributed by atoms with Crippen molar-refractivity contribution in [1.29, 1.82) is 5.26 Å². The van der Waals surface area contributed by atoms with Crippen LogP contribution in [0.15, 0.2) is 55.0 Å². The molecule has 10 nitrogen and oxygen atoms in total. The zero-order chi connectivity index (χ0) is 29.6. The highest BCUT2D eigenvalue weighted by atomic mass is 19.1. The van der Waals surface area contributed by atoms with Gasteiger partial charge in [0.15, 0.2) is 0 Å². The number of aromatic nitrogens is 3. The molecule has 3 aromatic heterocycles. The van der Waals surface area contributed by atoms with Gasteiger partial charge in [0.05, 0.1) is 36.7 Å². The molecule has 1 amide bonds. The number of amides is 1. The number of anilines is 1. The van der Waals surface area contributed by atoms with E-state index < -0.39 is 0 Å². The molecular weight excluding hydrogens is 549 g/mol. The van der Waals surface area contributed by atoms with Gasteiger partial charge in [-0.15, -0.1) is 0 Å². The van der Waals surface area contributed by atoms with Gasteiger partial charge in [-0.05, 0) is 42.8 Å². The number of ether oxygens (including phenoxy) is 2. The number of pyridine rings is 2. The Morgan fingerprint density at radius 3 is 2.70 bits per heavy atom. The lowest BCUT2D eigenvalue weighted by Gasteiger charge is -2.60. The molecule has 3 aliphatic rings. The summed E-state index contributed by atoms with van der Waals surface area (Å²) in [4.78, 5) is 24.0. The number of fused-ring (bicyclic) bond motifs is 1. The smallest absolute Gasteiger partial charge is 0.254 e. The Morgan fingerprint density at radius 1 is 1.14 bits per heavy atom. The van der Waals surface area contributed by atoms with Gasteiger partial charge in [0.2, 0.25) is 0 Å². The minimum atomic E-state index is -0.355. The van der Waals surface area contributed by atoms with E-state index in [1.165, 1.54) is 6.07 Å². The summed E-state index contributed by atoms with van der Waals surface area (Å²) in [6.45, 7) is 9.22. The lowest BCUT2D eigenvalue weighted by molar-refractivity contribution is -0.0108. The number of likely N-dealkylation sites (tertiary alicyclic amines) is 1. The minimum absolute atomic E-state index is 0.0512. The highest BCUT2D eigenvalue weighted by molar-refractivity contribution is 5.96. The fraction of sp³-hybridized carbons (Fsp3) is 0.375. The second-order valence-corrected chi connectivity index (χ2v) is 11.7. The molecule has 1 aromatic carbocycles. The molecule has 0 radical (unpaired) electrons. The zero-order valence-corrected chi connectivity index (χ0v) is 24.0. The summed E-state index contributed by atoms with van der Waals surface area (Å²) >= 11 is 0. The number of nitriles is 1. The number of benzene rings is 1. The molecule has 6 heterocycles. The maximum Gasteiger partial charge on any atom is 0.254 e. The Balaban J connectivity index is 1.02. The van der Waals surface area contributed by atoms with Crippen molar-refractivity contribution in [3.63, 3.8) is 0 Å². The highest BCUT2D eigenvalue weighted by Gasteiger charge is 2.53. The van der Waals surface area contributed by atoms with Crippen LogP contribution in [0.1, 0.15) is 21.5 Å². The number of hydrogen-bond acceptors (Lipinski definition) is 8. The van der Waals surface area contributed by atoms with Crippen molar-refractivity contribution in [2.24, 2.45) is 5.41 Å². The van der Waals surface area contributed by atoms with Crippen molar-refractivity contribution in [2.45, 2.75) is 6.92 Å². The Labute approximate surface area is 248 Å². The van der Waals surface area contributed by atoms with Gasteiger partial charge in [0, 0.05) is 74.1 Å². The third-order valence-electron chi connectivity index (χ3n) is 8.76. The molecule has 3 fully saturated rings. The first-order valence-electron chi connectivity index (χ1n) is 14.5. The molecule has 0 unspecified atom stereocenters. The number of morpholine rings is 1. The molecule has 3 aliphatic heterocycles. The molecule has 43 heavy (non-hydrogen) atoms. The lowest BCUT2D eigenvalue weighted by Crippen LogP contribution is -2.73. The van der Waals surface area contributed by atoms with Gasteiger partial charge in [-0.3, -0.25) is 9.69 Å². The van der Waals surface area contributed by atoms with Crippen LogP contribution < -0.4 is 9.64 Å². The molecule has 0 bridgehead atoms. The van der Waals surface area contributed by atoms with Gasteiger partial charge in [0.25, 0.3) is 5.91 Å². The molecule has 11 heteroatoms. The van der Waals surface area contributed by atoms with Crippen molar-refractivity contribution >= 4 is 17.2 Å². The van der Waals surface area contributed by atoms with Gasteiger partial charge in [-0.2, -0.15) is 10.4 Å². The number of carbonyl (C=O) groups is 1. The molecule has 0 saturated carbocycles. The molecule has 0 aliphatic carbocycles. The van der Waals surface area contributed by atoms with Crippen LogP contribution in [-0.2, 0) is 4.74 Å². The van der Waals surface area contributed by atoms with Crippen LogP contribution in [0.25, 0.3) is 16.6 Å². The standard InChI is InChI=1S/C32H32FN7O3/c1-22-26(3-2-4-28(22)33)31(41)39-20-32(21-39)18-38(19-32)29-6-5-23(15-35-29)27-13-25(17-40-30(27)24(14-34)16-36-40)43-12-9-37-7-10-42-11-8-37/h2-6,13,15-17H,7-12,18-21H2,1H3. The molecule has 0 atom stereocenters. The van der Waals surface area contributed by atoms with Crippen LogP contribution >= 0.6 is 0 Å². The summed E-state index contributed by atoms with van der Waals surface area (Å²) in [5, 5.41) is 14.1. The number of rotatable bonds is 7. The predicted molar refractivity (Wildman–Crippen MR) is 158 cm³/mol. The van der Waals surface area contributed by atoms with E-state index in [0.29, 0.717) is 47.7 Å². The number of hydrogen-bond donors (Lipinski definition) is 0. The largest absolute Gasteiger partial charge is 0.491 e. The van der Waals surface area contributed by atoms with Crippen molar-refractivity contribution in [3.8, 4) is 22.9 Å². The normalized spacial score (nSPS) is 17.9. The second-order valence-electron chi connectivity index (χ2n) is 11.7. The first-order chi connectivity index (χ1) is 20.9. The summed E-state index contributed by atoms with van der Waals surface area (Å²) < 4.78 is 27.2. The fourth-order valence-corrected chi connectivity index (χ4v) is 6.37. The maximum atomic E-state index is 13.9. The van der Waals surface area contributed by atoms with Gasteiger partial charge in [0.1, 0.15) is 30.1 Å². The molecule has 7 rings (SSSR count). The minimum Gasteiger partial charge on any atom is -0.491 e. The third kappa shape index (κ3) is 5.07. The number of halogens is 1. The van der Waals surface area contributed by atoms with E-state index in [1.807, 2.05) is 30.6 Å². The second kappa shape index (κ2) is 10.9. The Bertz CT molecular complexity index is 1710. The van der Waals surface area contributed by atoms with E-state index in [9.17, 15) is 14.4 Å². The quantitative estimate of drug-likeness (QED) is 0.328. The Hall–Kier alpha value is -4.53. The van der Waals surface area contributed by atoms with Crippen LogP contribution in [0.3, 0.4) is 0 Å². The van der Waals surface area contributed by atoms with E-state index >= 15 is 0 Å². The van der Waals surface area contributed by atoms with Gasteiger partial charge < -0.3 is 19.3 Å². The van der Waals surface area contributed by atoms with Crippen molar-refractivity contribution in [3.05, 3.63) is 77.5 Å². The van der Waals surface area contributed by atoms with E-state index in [-0.39, 0.29) is 17.1 Å².